The van der Waals surface area contributed by atoms with Crippen LogP contribution in [0.1, 0.15) is 25.3 Å². The molecule has 0 spiro atoms. The van der Waals surface area contributed by atoms with Gasteiger partial charge in [0.15, 0.2) is 0 Å². The number of fused-ring (bicyclic) bond motifs is 3. The summed E-state index contributed by atoms with van der Waals surface area (Å²) < 4.78 is 5.49. The van der Waals surface area contributed by atoms with Crippen LogP contribution in [-0.2, 0) is 0 Å². The zero-order valence-corrected chi connectivity index (χ0v) is 12.6. The largest absolute Gasteiger partial charge is 0.476 e. The number of urea groups is 1. The normalized spacial score (nSPS) is 24.0. The van der Waals surface area contributed by atoms with E-state index in [2.05, 4.69) is 15.6 Å². The lowest BCUT2D eigenvalue weighted by atomic mass is 9.93. The molecule has 0 aromatic carbocycles. The van der Waals surface area contributed by atoms with E-state index in [4.69, 9.17) is 4.74 Å². The lowest BCUT2D eigenvalue weighted by Crippen LogP contribution is -2.63. The molecule has 114 valence electrons. The highest BCUT2D eigenvalue weighted by molar-refractivity contribution is 5.91. The van der Waals surface area contributed by atoms with Crippen LogP contribution in [-0.4, -0.2) is 47.7 Å². The van der Waals surface area contributed by atoms with Gasteiger partial charge >= 0.3 is 6.03 Å². The molecule has 4 heterocycles. The fraction of sp³-hybridized carbons (Fsp3) is 0.600. The third kappa shape index (κ3) is 2.95. The first-order valence-corrected chi connectivity index (χ1v) is 7.58. The van der Waals surface area contributed by atoms with Gasteiger partial charge in [-0.2, -0.15) is 0 Å². The molecule has 2 amide bonds. The van der Waals surface area contributed by atoms with Crippen LogP contribution in [0.2, 0.25) is 0 Å². The molecule has 0 saturated carbocycles. The molecule has 3 fully saturated rings. The first-order chi connectivity index (χ1) is 10.2. The van der Waals surface area contributed by atoms with Gasteiger partial charge in [0.25, 0.3) is 0 Å². The minimum Gasteiger partial charge on any atom is -0.476 e. The second-order valence-electron chi connectivity index (χ2n) is 5.72. The Balaban J connectivity index is 1.74. The summed E-state index contributed by atoms with van der Waals surface area (Å²) in [4.78, 5) is 18.7. The van der Waals surface area contributed by atoms with E-state index >= 15 is 0 Å². The first kappa shape index (κ1) is 14.1. The number of amides is 2. The van der Waals surface area contributed by atoms with E-state index in [9.17, 15) is 4.79 Å². The molecule has 2 bridgehead atoms. The maximum Gasteiger partial charge on any atom is 0.322 e. The van der Waals surface area contributed by atoms with Crippen molar-refractivity contribution in [3.05, 3.63) is 17.8 Å². The molecule has 1 aromatic heterocycles. The molecule has 0 radical (unpaired) electrons. The summed E-state index contributed by atoms with van der Waals surface area (Å²) in [7, 11) is 0. The molecular weight excluding hydrogens is 268 g/mol. The van der Waals surface area contributed by atoms with Gasteiger partial charge in [0, 0.05) is 31.4 Å². The predicted molar refractivity (Wildman–Crippen MR) is 80.7 cm³/mol. The van der Waals surface area contributed by atoms with Gasteiger partial charge in [-0.05, 0) is 38.3 Å². The van der Waals surface area contributed by atoms with E-state index in [1.807, 2.05) is 24.8 Å². The Bertz CT molecular complexity index is 526. The van der Waals surface area contributed by atoms with Crippen molar-refractivity contribution in [1.82, 2.24) is 15.2 Å². The second-order valence-corrected chi connectivity index (χ2v) is 5.72. The van der Waals surface area contributed by atoms with Crippen molar-refractivity contribution in [1.29, 1.82) is 0 Å². The molecule has 3 aliphatic heterocycles. The van der Waals surface area contributed by atoms with Crippen molar-refractivity contribution >= 4 is 11.7 Å². The van der Waals surface area contributed by atoms with Crippen LogP contribution in [0.25, 0.3) is 0 Å². The average molecular weight is 290 g/mol. The van der Waals surface area contributed by atoms with Crippen molar-refractivity contribution in [3.8, 4) is 5.88 Å². The summed E-state index contributed by atoms with van der Waals surface area (Å²) in [6.07, 6.45) is 3.98. The molecular formula is C15H22N4O2. The number of piperazine rings is 1. The summed E-state index contributed by atoms with van der Waals surface area (Å²) >= 11 is 0. The Labute approximate surface area is 124 Å². The minimum absolute atomic E-state index is 0.0560. The number of nitrogens with zero attached hydrogens (tertiary/aromatic N) is 2. The number of anilines is 1. The molecule has 3 saturated heterocycles. The molecule has 6 heteroatoms. The van der Waals surface area contributed by atoms with Gasteiger partial charge in [-0.1, -0.05) is 0 Å². The number of aryl methyl sites for hydroxylation is 1. The van der Waals surface area contributed by atoms with Gasteiger partial charge < -0.3 is 20.3 Å². The smallest absolute Gasteiger partial charge is 0.322 e. The lowest BCUT2D eigenvalue weighted by Gasteiger charge is -2.45. The van der Waals surface area contributed by atoms with Crippen LogP contribution in [0.5, 0.6) is 5.88 Å². The van der Waals surface area contributed by atoms with Crippen molar-refractivity contribution in [2.45, 2.75) is 38.8 Å². The highest BCUT2D eigenvalue weighted by atomic mass is 16.5. The number of rotatable bonds is 3. The maximum absolute atomic E-state index is 12.5. The number of carbonyl (C=O) groups is 1. The number of piperidine rings is 2. The zero-order valence-electron chi connectivity index (χ0n) is 12.6. The quantitative estimate of drug-likeness (QED) is 0.890. The van der Waals surface area contributed by atoms with Gasteiger partial charge in [0.2, 0.25) is 5.88 Å². The summed E-state index contributed by atoms with van der Waals surface area (Å²) in [5, 5.41) is 6.41. The molecule has 4 rings (SSSR count). The van der Waals surface area contributed by atoms with Crippen molar-refractivity contribution in [3.63, 3.8) is 0 Å². The Morgan fingerprint density at radius 1 is 1.57 bits per heavy atom. The average Bonchev–Trinajstić information content (AvgIpc) is 2.51. The van der Waals surface area contributed by atoms with E-state index in [0.29, 0.717) is 30.3 Å². The third-order valence-corrected chi connectivity index (χ3v) is 4.12. The third-order valence-electron chi connectivity index (χ3n) is 4.12. The Morgan fingerprint density at radius 3 is 3.05 bits per heavy atom. The molecule has 21 heavy (non-hydrogen) atoms. The summed E-state index contributed by atoms with van der Waals surface area (Å²) in [6, 6.07) is 2.57. The number of carbonyl (C=O) groups excluding carboxylic acids is 1. The summed E-state index contributed by atoms with van der Waals surface area (Å²) in [5.74, 6) is 0.483. The molecule has 6 nitrogen and oxygen atoms in total. The standard InChI is InChI=1S/C15H22N4O2/c1-3-21-14-13(6-10(2)7-17-14)18-15(20)19-9-11-4-5-12(19)8-16-11/h6-7,11-12,16H,3-5,8-9H2,1-2H3,(H,18,20). The minimum atomic E-state index is -0.0560. The monoisotopic (exact) mass is 290 g/mol. The second kappa shape index (κ2) is 5.89. The van der Waals surface area contributed by atoms with Crippen molar-refractivity contribution < 1.29 is 9.53 Å². The summed E-state index contributed by atoms with van der Waals surface area (Å²) in [5.41, 5.74) is 1.65. The lowest BCUT2D eigenvalue weighted by molar-refractivity contribution is 0.106. The highest BCUT2D eigenvalue weighted by Gasteiger charge is 2.36. The van der Waals surface area contributed by atoms with Gasteiger partial charge in [0.1, 0.15) is 5.69 Å². The highest BCUT2D eigenvalue weighted by Crippen LogP contribution is 2.26. The van der Waals surface area contributed by atoms with Crippen LogP contribution in [0.15, 0.2) is 12.3 Å². The van der Waals surface area contributed by atoms with E-state index < -0.39 is 0 Å². The van der Waals surface area contributed by atoms with Crippen molar-refractivity contribution in [2.75, 3.05) is 25.0 Å². The van der Waals surface area contributed by atoms with Crippen LogP contribution in [0.4, 0.5) is 10.5 Å². The fourth-order valence-corrected chi connectivity index (χ4v) is 3.04. The molecule has 0 aliphatic carbocycles. The van der Waals surface area contributed by atoms with Crippen LogP contribution in [0.3, 0.4) is 0 Å². The Kier molecular flexibility index (Phi) is 3.96. The predicted octanol–water partition coefficient (Wildman–Crippen LogP) is 1.76. The Hall–Kier alpha value is -1.82. The maximum atomic E-state index is 12.5. The molecule has 2 unspecified atom stereocenters. The van der Waals surface area contributed by atoms with Crippen molar-refractivity contribution in [2.24, 2.45) is 0 Å². The van der Waals surface area contributed by atoms with Crippen LogP contribution in [0, 0.1) is 6.92 Å². The number of hydrogen-bond acceptors (Lipinski definition) is 4. The van der Waals surface area contributed by atoms with Gasteiger partial charge in [-0.3, -0.25) is 0 Å². The van der Waals surface area contributed by atoms with Gasteiger partial charge in [0.05, 0.1) is 6.61 Å². The molecule has 3 aliphatic rings. The number of nitrogens with one attached hydrogen (secondary N) is 2. The first-order valence-electron chi connectivity index (χ1n) is 7.58. The van der Waals surface area contributed by atoms with Gasteiger partial charge in [-0.15, -0.1) is 0 Å². The van der Waals surface area contributed by atoms with Gasteiger partial charge in [-0.25, -0.2) is 9.78 Å². The number of ether oxygens (including phenoxy) is 1. The number of aromatic nitrogens is 1. The fourth-order valence-electron chi connectivity index (χ4n) is 3.04. The van der Waals surface area contributed by atoms with E-state index in [1.54, 1.807) is 6.20 Å². The zero-order chi connectivity index (χ0) is 14.8. The number of hydrogen-bond donors (Lipinski definition) is 2. The van der Waals surface area contributed by atoms with E-state index in [1.165, 1.54) is 0 Å². The summed E-state index contributed by atoms with van der Waals surface area (Å²) in [6.45, 7) is 6.05. The molecule has 2 atom stereocenters. The molecule has 2 N–H and O–H groups in total. The van der Waals surface area contributed by atoms with Crippen LogP contribution < -0.4 is 15.4 Å². The SMILES string of the molecule is CCOc1ncc(C)cc1NC(=O)N1CC2CCC1CN2. The number of pyridine rings is 1. The topological polar surface area (TPSA) is 66.5 Å². The van der Waals surface area contributed by atoms with Crippen LogP contribution >= 0.6 is 0 Å². The van der Waals surface area contributed by atoms with E-state index in [0.717, 1.165) is 31.5 Å². The van der Waals surface area contributed by atoms with E-state index in [-0.39, 0.29) is 6.03 Å². The molecule has 1 aromatic rings. The Morgan fingerprint density at radius 2 is 2.43 bits per heavy atom.